The fraction of sp³-hybridized carbons (Fsp3) is 0.0370. The van der Waals surface area contributed by atoms with Crippen LogP contribution in [0.25, 0.3) is 233 Å². The molecule has 0 aliphatic rings. The molecule has 0 atom stereocenters. The maximum absolute atomic E-state index is 10.4. The molecule has 8 aromatic heterocycles. The van der Waals surface area contributed by atoms with Crippen LogP contribution in [-0.4, -0.2) is 109 Å². The highest BCUT2D eigenvalue weighted by molar-refractivity contribution is 6.28. The van der Waals surface area contributed by atoms with E-state index in [1.807, 2.05) is 164 Å². The van der Waals surface area contributed by atoms with Crippen LogP contribution >= 0.6 is 0 Å². The summed E-state index contributed by atoms with van der Waals surface area (Å²) in [4.78, 5) is 53.9. The van der Waals surface area contributed by atoms with Crippen molar-refractivity contribution in [3.63, 3.8) is 0 Å². The van der Waals surface area contributed by atoms with Crippen LogP contribution in [0.15, 0.2) is 345 Å². The molecule has 8 heterocycles. The average molecular weight is 1730 g/mol. The van der Waals surface area contributed by atoms with Gasteiger partial charge in [-0.1, -0.05) is 212 Å². The van der Waals surface area contributed by atoms with Gasteiger partial charge in [0.15, 0.2) is 46.6 Å². The van der Waals surface area contributed by atoms with Crippen LogP contribution in [-0.2, 0) is 0 Å². The van der Waals surface area contributed by atoms with E-state index in [1.165, 1.54) is 39.2 Å². The van der Waals surface area contributed by atoms with E-state index in [0.717, 1.165) is 153 Å². The van der Waals surface area contributed by atoms with Crippen LogP contribution in [0.2, 0.25) is 0 Å². The first-order valence-electron chi connectivity index (χ1n) is 42.0. The van der Waals surface area contributed by atoms with Crippen LogP contribution in [0.5, 0.6) is 47.0 Å². The molecule has 0 spiro atoms. The molecule has 0 amide bonds. The first-order chi connectivity index (χ1) is 64.8. The maximum Gasteiger partial charge on any atom is 0.320 e. The molecule has 24 heteroatoms. The van der Waals surface area contributed by atoms with Gasteiger partial charge >= 0.3 is 24.0 Å². The molecule has 0 radical (unpaired) electrons. The lowest BCUT2D eigenvalue weighted by atomic mass is 9.96. The molecule has 4 N–H and O–H groups in total. The molecule has 17 aromatic carbocycles. The SMILES string of the molecule is COc1nc(-c2ccc3c(c2)oc2cc4ccccc4cc23)nc(-c2ccccc2O)n1.COc1nc(-c2ccc3c(c2)oc2ccc4ccccc4c23)nc(-c2ccccc2O)n1.COc1nc(-c2ccccc2O)nc(-c2cc3oc4ccc5ccccc5c4c3c3ccccc23)n1.COc1nc(-c2ccccc2O)nc(-c2cc3oc4ccccc4c3c3ccccc23)n1. The molecule has 24 nitrogen and oxygen atoms in total. The van der Waals surface area contributed by atoms with Crippen molar-refractivity contribution in [2.75, 3.05) is 28.4 Å². The number of methoxy groups -OCH3 is 4. The van der Waals surface area contributed by atoms with Gasteiger partial charge in [-0.2, -0.15) is 39.9 Å². The number of aromatic nitrogens is 12. The molecule has 0 aliphatic heterocycles. The zero-order chi connectivity index (χ0) is 89.2. The third-order valence-electron chi connectivity index (χ3n) is 23.2. The summed E-state index contributed by atoms with van der Waals surface area (Å²) in [5, 5.41) is 60.7. The minimum atomic E-state index is 0.0844. The van der Waals surface area contributed by atoms with E-state index in [1.54, 1.807) is 72.8 Å². The molecular weight excluding hydrogens is 1660 g/mol. The van der Waals surface area contributed by atoms with Crippen molar-refractivity contribution in [1.29, 1.82) is 0 Å². The molecular formula is C108H70N12O12. The zero-order valence-corrected chi connectivity index (χ0v) is 70.6. The quantitative estimate of drug-likeness (QED) is 0.0883. The number of nitrogens with zero attached hydrogens (tertiary/aromatic N) is 12. The number of phenolic OH excluding ortho intramolecular Hbond substituents is 4. The number of fused-ring (bicyclic) bond motifs is 21. The summed E-state index contributed by atoms with van der Waals surface area (Å²) in [5.74, 6) is 3.42. The van der Waals surface area contributed by atoms with Gasteiger partial charge in [0.25, 0.3) is 0 Å². The van der Waals surface area contributed by atoms with Gasteiger partial charge in [0.2, 0.25) is 0 Å². The number of ether oxygens (including phenoxy) is 4. The number of hydrogen-bond acceptors (Lipinski definition) is 24. The summed E-state index contributed by atoms with van der Waals surface area (Å²) >= 11 is 0. The number of furan rings is 4. The Morgan fingerprint density at radius 3 is 0.947 bits per heavy atom. The van der Waals surface area contributed by atoms with Gasteiger partial charge in [-0.15, -0.1) is 0 Å². The fourth-order valence-corrected chi connectivity index (χ4v) is 17.1. The highest BCUT2D eigenvalue weighted by Gasteiger charge is 2.26. The molecule has 25 rings (SSSR count). The highest BCUT2D eigenvalue weighted by atomic mass is 16.5. The number of hydrogen-bond donors (Lipinski definition) is 4. The Labute approximate surface area is 748 Å². The minimum Gasteiger partial charge on any atom is -0.507 e. The molecule has 132 heavy (non-hydrogen) atoms. The lowest BCUT2D eigenvalue weighted by Gasteiger charge is -2.10. The van der Waals surface area contributed by atoms with E-state index in [2.05, 4.69) is 146 Å². The highest BCUT2D eigenvalue weighted by Crippen LogP contribution is 2.46. The summed E-state index contributed by atoms with van der Waals surface area (Å²) in [6.07, 6.45) is 0. The van der Waals surface area contributed by atoms with Crippen molar-refractivity contribution in [3.8, 4) is 138 Å². The first-order valence-corrected chi connectivity index (χ1v) is 42.0. The summed E-state index contributed by atoms with van der Waals surface area (Å²) in [6.45, 7) is 0. The molecule has 0 saturated heterocycles. The van der Waals surface area contributed by atoms with E-state index >= 15 is 0 Å². The van der Waals surface area contributed by atoms with Crippen molar-refractivity contribution in [1.82, 2.24) is 59.8 Å². The van der Waals surface area contributed by atoms with Crippen molar-refractivity contribution in [3.05, 3.63) is 328 Å². The fourth-order valence-electron chi connectivity index (χ4n) is 17.1. The molecule has 0 saturated carbocycles. The lowest BCUT2D eigenvalue weighted by molar-refractivity contribution is 0.379. The van der Waals surface area contributed by atoms with E-state index < -0.39 is 0 Å². The Kier molecular flexibility index (Phi) is 20.0. The third-order valence-corrected chi connectivity index (χ3v) is 23.2. The van der Waals surface area contributed by atoms with Gasteiger partial charge in [-0.3, -0.25) is 0 Å². The maximum atomic E-state index is 10.4. The van der Waals surface area contributed by atoms with Gasteiger partial charge < -0.3 is 57.0 Å². The molecule has 25 aromatic rings. The summed E-state index contributed by atoms with van der Waals surface area (Å²) in [7, 11) is 6.02. The van der Waals surface area contributed by atoms with Crippen molar-refractivity contribution >= 4 is 142 Å². The second kappa shape index (κ2) is 33.2. The molecule has 0 unspecified atom stereocenters. The van der Waals surface area contributed by atoms with Crippen molar-refractivity contribution in [2.24, 2.45) is 0 Å². The van der Waals surface area contributed by atoms with Crippen molar-refractivity contribution < 1.29 is 57.0 Å². The summed E-state index contributed by atoms with van der Waals surface area (Å²) in [5.41, 5.74) is 11.4. The summed E-state index contributed by atoms with van der Waals surface area (Å²) < 4.78 is 46.2. The standard InChI is InChI=1S/C30H19N3O3.3C26H17N3O3/c1-35-30-32-28(21-12-6-7-13-23(21)34)31-29(33-30)22-16-25-27(20-11-5-4-10-19(20)22)26-18-9-3-2-8-17(18)14-15-24(26)36-25;1-31-26-28-24(17-10-4-6-12-20(17)30)27-25(29-26)19-14-22-23(16-9-3-2-8-15(16)19)18-11-5-7-13-21(18)32-22;1-31-26-28-24(27-25(29-26)18-8-4-5-9-20(18)30)16-10-12-19-22(14-16)32-21-13-11-15-6-2-3-7-17(15)23(19)21;1-31-26-28-24(27-25(29-26)19-8-4-5-9-21(19)30)17-10-11-18-20-12-15-6-2-3-7-16(15)13-23(20)32-22(18)14-17/h2-16,34H,1H3;3*2-14,30H,1H3. The van der Waals surface area contributed by atoms with Gasteiger partial charge in [0.1, 0.15) is 67.7 Å². The van der Waals surface area contributed by atoms with E-state index in [4.69, 9.17) is 41.6 Å². The number of aromatic hydroxyl groups is 4. The van der Waals surface area contributed by atoms with E-state index in [-0.39, 0.29) is 47.0 Å². The van der Waals surface area contributed by atoms with Crippen LogP contribution < -0.4 is 18.9 Å². The van der Waals surface area contributed by atoms with Crippen LogP contribution in [0, 0.1) is 0 Å². The predicted octanol–water partition coefficient (Wildman–Crippen LogP) is 25.0. The second-order valence-corrected chi connectivity index (χ2v) is 31.0. The normalized spacial score (nSPS) is 11.5. The van der Waals surface area contributed by atoms with Gasteiger partial charge in [-0.25, -0.2) is 19.9 Å². The van der Waals surface area contributed by atoms with Crippen LogP contribution in [0.3, 0.4) is 0 Å². The van der Waals surface area contributed by atoms with Gasteiger partial charge in [-0.05, 0) is 169 Å². The summed E-state index contributed by atoms with van der Waals surface area (Å²) in [6, 6.07) is 106. The molecule has 0 bridgehead atoms. The Hall–Kier alpha value is -18.3. The van der Waals surface area contributed by atoms with E-state index in [9.17, 15) is 20.4 Å². The second-order valence-electron chi connectivity index (χ2n) is 31.0. The monoisotopic (exact) mass is 1730 g/mol. The van der Waals surface area contributed by atoms with Crippen molar-refractivity contribution in [2.45, 2.75) is 0 Å². The predicted molar refractivity (Wildman–Crippen MR) is 512 cm³/mol. The first kappa shape index (κ1) is 79.6. The van der Waals surface area contributed by atoms with Gasteiger partial charge in [0.05, 0.1) is 50.7 Å². The Morgan fingerprint density at radius 2 is 0.477 bits per heavy atom. The Balaban J connectivity index is 0.000000103. The number of para-hydroxylation sites is 5. The Bertz CT molecular complexity index is 8920. The smallest absolute Gasteiger partial charge is 0.320 e. The molecule has 634 valence electrons. The third kappa shape index (κ3) is 14.5. The van der Waals surface area contributed by atoms with Crippen LogP contribution in [0.4, 0.5) is 0 Å². The minimum absolute atomic E-state index is 0.0844. The Morgan fingerprint density at radius 1 is 0.182 bits per heavy atom. The zero-order valence-electron chi connectivity index (χ0n) is 70.6. The van der Waals surface area contributed by atoms with Gasteiger partial charge in [0, 0.05) is 65.3 Å². The largest absolute Gasteiger partial charge is 0.507 e. The lowest BCUT2D eigenvalue weighted by Crippen LogP contribution is -2.01. The number of benzene rings is 17. The molecule has 0 aliphatic carbocycles. The van der Waals surface area contributed by atoms with E-state index in [0.29, 0.717) is 68.8 Å². The topological polar surface area (TPSA) is 325 Å². The average Bonchev–Trinajstić information content (AvgIpc) is 1.55. The number of rotatable bonds is 12. The molecule has 0 fully saturated rings. The number of phenols is 4. The van der Waals surface area contributed by atoms with Crippen LogP contribution in [0.1, 0.15) is 0 Å².